The Bertz CT molecular complexity index is 819. The fourth-order valence-electron chi connectivity index (χ4n) is 2.73. The number of halogens is 1. The smallest absolute Gasteiger partial charge is 0.242 e. The fourth-order valence-corrected chi connectivity index (χ4v) is 2.94. The van der Waals surface area contributed by atoms with Crippen molar-refractivity contribution in [3.63, 3.8) is 0 Å². The largest absolute Gasteiger partial charge is 0.249 e. The summed E-state index contributed by atoms with van der Waals surface area (Å²) in [5.74, 6) is 0. The van der Waals surface area contributed by atoms with Crippen LogP contribution < -0.4 is 4.57 Å². The Morgan fingerprint density at radius 1 is 1.09 bits per heavy atom. The number of H-pyrrole nitrogens is 1. The molecule has 23 heavy (non-hydrogen) atoms. The van der Waals surface area contributed by atoms with E-state index in [9.17, 15) is 0 Å². The maximum atomic E-state index is 4.40. The zero-order valence-electron chi connectivity index (χ0n) is 13.7. The van der Waals surface area contributed by atoms with Gasteiger partial charge < -0.3 is 0 Å². The maximum Gasteiger partial charge on any atom is 0.242 e. The number of hydrogen-bond donors (Lipinski definition) is 1. The lowest BCUT2D eigenvalue weighted by atomic mass is 10.1. The number of hydrogen-bond acceptors (Lipinski definition) is 1. The summed E-state index contributed by atoms with van der Waals surface area (Å²) in [6.07, 6.45) is 4.91. The van der Waals surface area contributed by atoms with E-state index in [4.69, 9.17) is 0 Å². The average Bonchev–Trinajstić information content (AvgIpc) is 2.86. The molecule has 0 saturated carbocycles. The van der Waals surface area contributed by atoms with Gasteiger partial charge in [-0.25, -0.2) is 14.5 Å². The Balaban J connectivity index is 1.86. The zero-order chi connectivity index (χ0) is 16.4. The first-order valence-corrected chi connectivity index (χ1v) is 8.55. The third-order valence-corrected chi connectivity index (χ3v) is 4.96. The second kappa shape index (κ2) is 6.67. The van der Waals surface area contributed by atoms with Gasteiger partial charge in [-0.3, -0.25) is 0 Å². The van der Waals surface area contributed by atoms with Crippen molar-refractivity contribution in [3.8, 4) is 0 Å². The van der Waals surface area contributed by atoms with E-state index in [-0.39, 0.29) is 0 Å². The Kier molecular flexibility index (Phi) is 4.62. The molecule has 1 N–H and O–H groups in total. The molecule has 3 nitrogen and oxygen atoms in total. The van der Waals surface area contributed by atoms with Crippen molar-refractivity contribution >= 4 is 15.9 Å². The lowest BCUT2D eigenvalue weighted by Crippen LogP contribution is -2.36. The topological polar surface area (TPSA) is 32.6 Å². The molecule has 3 rings (SSSR count). The van der Waals surface area contributed by atoms with Crippen LogP contribution in [0.2, 0.25) is 0 Å². The predicted molar refractivity (Wildman–Crippen MR) is 95.5 cm³/mol. The summed E-state index contributed by atoms with van der Waals surface area (Å²) in [5.41, 5.74) is 7.53. The quantitative estimate of drug-likeness (QED) is 0.545. The zero-order valence-corrected chi connectivity index (χ0v) is 15.3. The van der Waals surface area contributed by atoms with Crippen LogP contribution in [-0.4, -0.2) is 9.97 Å². The molecule has 0 amide bonds. The summed E-state index contributed by atoms with van der Waals surface area (Å²) >= 11 is 3.46. The molecule has 2 aromatic heterocycles. The van der Waals surface area contributed by atoms with Gasteiger partial charge in [-0.05, 0) is 47.0 Å². The average molecular weight is 371 g/mol. The number of imidazole rings is 1. The lowest BCUT2D eigenvalue weighted by molar-refractivity contribution is -0.694. The van der Waals surface area contributed by atoms with Gasteiger partial charge in [0.1, 0.15) is 22.5 Å². The summed E-state index contributed by atoms with van der Waals surface area (Å²) in [6.45, 7) is 7.15. The van der Waals surface area contributed by atoms with Crippen LogP contribution in [0.15, 0.2) is 47.5 Å². The molecular weight excluding hydrogens is 350 g/mol. The van der Waals surface area contributed by atoms with Gasteiger partial charge >= 0.3 is 0 Å². The minimum Gasteiger partial charge on any atom is -0.249 e. The van der Waals surface area contributed by atoms with Crippen LogP contribution in [0.4, 0.5) is 0 Å². The minimum atomic E-state index is 0.826. The van der Waals surface area contributed by atoms with Gasteiger partial charge in [-0.1, -0.05) is 29.8 Å². The van der Waals surface area contributed by atoms with Gasteiger partial charge in [0.25, 0.3) is 0 Å². The maximum absolute atomic E-state index is 4.40. The van der Waals surface area contributed by atoms with Crippen LogP contribution >= 0.6 is 15.9 Å². The van der Waals surface area contributed by atoms with Crippen molar-refractivity contribution in [2.75, 3.05) is 0 Å². The van der Waals surface area contributed by atoms with Crippen molar-refractivity contribution in [1.82, 2.24) is 9.97 Å². The van der Waals surface area contributed by atoms with E-state index in [2.05, 4.69) is 87.9 Å². The summed E-state index contributed by atoms with van der Waals surface area (Å²) in [4.78, 5) is 7.75. The molecule has 0 unspecified atom stereocenters. The van der Waals surface area contributed by atoms with Crippen molar-refractivity contribution in [2.45, 2.75) is 33.7 Å². The van der Waals surface area contributed by atoms with Crippen LogP contribution in [0.1, 0.15) is 33.6 Å². The molecule has 4 heteroatoms. The van der Waals surface area contributed by atoms with Gasteiger partial charge in [0.15, 0.2) is 0 Å². The predicted octanol–water partition coefficient (Wildman–Crippen LogP) is 4.02. The summed E-state index contributed by atoms with van der Waals surface area (Å²) in [7, 11) is 0. The number of nitrogens with one attached hydrogen (secondary N) is 1. The molecule has 1 aromatic carbocycles. The highest BCUT2D eigenvalue weighted by molar-refractivity contribution is 9.10. The molecule has 118 valence electrons. The fraction of sp³-hybridized carbons (Fsp3) is 0.263. The Morgan fingerprint density at radius 2 is 1.83 bits per heavy atom. The van der Waals surface area contributed by atoms with Crippen LogP contribution in [-0.2, 0) is 13.0 Å². The molecule has 3 aromatic rings. The molecule has 0 bridgehead atoms. The number of aromatic amines is 1. The molecular formula is C19H21BrN3+. The third kappa shape index (κ3) is 3.70. The van der Waals surface area contributed by atoms with Gasteiger partial charge in [-0.2, -0.15) is 0 Å². The van der Waals surface area contributed by atoms with Crippen molar-refractivity contribution < 1.29 is 4.57 Å². The molecule has 0 fully saturated rings. The molecule has 0 aliphatic carbocycles. The van der Waals surface area contributed by atoms with E-state index in [0.717, 1.165) is 23.1 Å². The van der Waals surface area contributed by atoms with Gasteiger partial charge in [0, 0.05) is 25.1 Å². The van der Waals surface area contributed by atoms with Gasteiger partial charge in [-0.15, -0.1) is 0 Å². The van der Waals surface area contributed by atoms with Crippen molar-refractivity contribution in [3.05, 3.63) is 81.1 Å². The van der Waals surface area contributed by atoms with Crippen molar-refractivity contribution in [1.29, 1.82) is 0 Å². The van der Waals surface area contributed by atoms with Gasteiger partial charge in [0.05, 0.1) is 0 Å². The minimum absolute atomic E-state index is 0.826. The van der Waals surface area contributed by atoms with E-state index in [1.54, 1.807) is 0 Å². The lowest BCUT2D eigenvalue weighted by Gasteiger charge is -2.06. The highest BCUT2D eigenvalue weighted by Crippen LogP contribution is 2.15. The normalized spacial score (nSPS) is 11.0. The summed E-state index contributed by atoms with van der Waals surface area (Å²) in [5, 5.41) is 0. The number of rotatable bonds is 4. The Labute approximate surface area is 145 Å². The molecule has 0 radical (unpaired) electrons. The first kappa shape index (κ1) is 15.9. The highest BCUT2D eigenvalue weighted by Gasteiger charge is 2.16. The van der Waals surface area contributed by atoms with E-state index in [1.165, 1.54) is 28.1 Å². The highest BCUT2D eigenvalue weighted by atomic mass is 79.9. The number of aryl methyl sites for hydroxylation is 3. The number of aromatic nitrogens is 3. The molecule has 0 atom stereocenters. The first-order valence-electron chi connectivity index (χ1n) is 7.76. The van der Waals surface area contributed by atoms with Crippen LogP contribution in [0.3, 0.4) is 0 Å². The van der Waals surface area contributed by atoms with E-state index < -0.39 is 0 Å². The van der Waals surface area contributed by atoms with E-state index in [0.29, 0.717) is 0 Å². The van der Waals surface area contributed by atoms with E-state index >= 15 is 0 Å². The Hall–Kier alpha value is -1.94. The van der Waals surface area contributed by atoms with Gasteiger partial charge in [0.2, 0.25) is 6.33 Å². The second-order valence-corrected chi connectivity index (χ2v) is 6.84. The molecule has 0 aliphatic heterocycles. The summed E-state index contributed by atoms with van der Waals surface area (Å²) < 4.78 is 3.19. The first-order chi connectivity index (χ1) is 11.0. The van der Waals surface area contributed by atoms with Crippen LogP contribution in [0.5, 0.6) is 0 Å². The van der Waals surface area contributed by atoms with E-state index in [1.807, 2.05) is 6.20 Å². The second-order valence-electron chi connectivity index (χ2n) is 6.09. The monoisotopic (exact) mass is 370 g/mol. The van der Waals surface area contributed by atoms with Crippen LogP contribution in [0.25, 0.3) is 0 Å². The SMILES string of the molecule is Cc1ccc(Cc2c(C)[nH]c[n+]2Cc2cnc(Br)c(C)c2)cc1. The molecule has 0 saturated heterocycles. The Morgan fingerprint density at radius 3 is 2.52 bits per heavy atom. The van der Waals surface area contributed by atoms with Crippen LogP contribution in [0, 0.1) is 20.8 Å². The number of benzene rings is 1. The number of nitrogens with zero attached hydrogens (tertiary/aromatic N) is 2. The van der Waals surface area contributed by atoms with Crippen molar-refractivity contribution in [2.24, 2.45) is 0 Å². The standard InChI is InChI=1S/C19H20BrN3/c1-13-4-6-16(7-5-13)9-18-15(3)22-12-23(18)11-17-8-14(2)19(20)21-10-17/h4-8,10,12H,9,11H2,1-3H3/p+1. The molecule has 0 spiro atoms. The molecule has 0 aliphatic rings. The molecule has 2 heterocycles. The summed E-state index contributed by atoms with van der Waals surface area (Å²) in [6, 6.07) is 10.9. The number of pyridine rings is 1. The third-order valence-electron chi connectivity index (χ3n) is 4.13.